The van der Waals surface area contributed by atoms with Crippen LogP contribution in [0.3, 0.4) is 0 Å². The van der Waals surface area contributed by atoms with Gasteiger partial charge in [-0.3, -0.25) is 4.79 Å². The number of amides is 1. The van der Waals surface area contributed by atoms with Crippen LogP contribution >= 0.6 is 23.2 Å². The Bertz CT molecular complexity index is 730. The van der Waals surface area contributed by atoms with E-state index in [2.05, 4.69) is 4.90 Å². The number of piperazine rings is 1. The molecular weight excluding hydrogens is 338 g/mol. The summed E-state index contributed by atoms with van der Waals surface area (Å²) < 4.78 is 13.1. The van der Waals surface area contributed by atoms with E-state index in [4.69, 9.17) is 23.2 Å². The van der Waals surface area contributed by atoms with E-state index in [0.717, 1.165) is 11.8 Å². The van der Waals surface area contributed by atoms with E-state index in [1.807, 2.05) is 24.3 Å². The van der Waals surface area contributed by atoms with Gasteiger partial charge in [-0.1, -0.05) is 29.3 Å². The summed E-state index contributed by atoms with van der Waals surface area (Å²) in [4.78, 5) is 16.4. The molecule has 0 aliphatic carbocycles. The summed E-state index contributed by atoms with van der Waals surface area (Å²) in [6.07, 6.45) is 0. The third kappa shape index (κ3) is 3.59. The summed E-state index contributed by atoms with van der Waals surface area (Å²) in [6, 6.07) is 11.5. The summed E-state index contributed by atoms with van der Waals surface area (Å²) in [7, 11) is 0. The van der Waals surface area contributed by atoms with Crippen LogP contribution in [0.4, 0.5) is 10.1 Å². The van der Waals surface area contributed by atoms with Crippen LogP contribution < -0.4 is 4.90 Å². The Kier molecular flexibility index (Phi) is 4.74. The molecule has 0 unspecified atom stereocenters. The maximum Gasteiger partial charge on any atom is 0.255 e. The standard InChI is InChI=1S/C17H15Cl2FN2O/c18-12-2-1-3-14(10-12)21-6-8-22(9-7-21)17(23)15-5-4-13(20)11-16(15)19/h1-5,10-11H,6-9H2. The van der Waals surface area contributed by atoms with Crippen LogP contribution in [0.1, 0.15) is 10.4 Å². The van der Waals surface area contributed by atoms with E-state index < -0.39 is 5.82 Å². The largest absolute Gasteiger partial charge is 0.368 e. The van der Waals surface area contributed by atoms with Gasteiger partial charge in [0.25, 0.3) is 5.91 Å². The molecule has 0 atom stereocenters. The molecule has 0 radical (unpaired) electrons. The second-order valence-electron chi connectivity index (χ2n) is 5.38. The first-order valence-electron chi connectivity index (χ1n) is 7.29. The van der Waals surface area contributed by atoms with Crippen LogP contribution in [0.25, 0.3) is 0 Å². The van der Waals surface area contributed by atoms with Gasteiger partial charge in [-0.25, -0.2) is 4.39 Å². The Morgan fingerprint density at radius 2 is 1.74 bits per heavy atom. The first-order valence-corrected chi connectivity index (χ1v) is 8.05. The number of halogens is 3. The van der Waals surface area contributed by atoms with Gasteiger partial charge in [-0.05, 0) is 36.4 Å². The molecule has 0 spiro atoms. The Balaban J connectivity index is 1.68. The van der Waals surface area contributed by atoms with E-state index in [0.29, 0.717) is 36.8 Å². The Morgan fingerprint density at radius 1 is 1.00 bits per heavy atom. The summed E-state index contributed by atoms with van der Waals surface area (Å²) in [5.41, 5.74) is 1.38. The first kappa shape index (κ1) is 16.1. The predicted octanol–water partition coefficient (Wildman–Crippen LogP) is 4.09. The van der Waals surface area contributed by atoms with Gasteiger partial charge in [0.15, 0.2) is 0 Å². The zero-order chi connectivity index (χ0) is 16.4. The van der Waals surface area contributed by atoms with Gasteiger partial charge < -0.3 is 9.80 Å². The number of hydrogen-bond donors (Lipinski definition) is 0. The zero-order valence-corrected chi connectivity index (χ0v) is 13.8. The van der Waals surface area contributed by atoms with Crippen LogP contribution in [0.15, 0.2) is 42.5 Å². The zero-order valence-electron chi connectivity index (χ0n) is 12.3. The number of anilines is 1. The second-order valence-corrected chi connectivity index (χ2v) is 6.23. The molecule has 2 aromatic carbocycles. The molecule has 0 N–H and O–H groups in total. The molecule has 1 amide bonds. The maximum absolute atomic E-state index is 13.1. The summed E-state index contributed by atoms with van der Waals surface area (Å²) in [5.74, 6) is -0.613. The molecule has 0 bridgehead atoms. The molecule has 120 valence electrons. The van der Waals surface area contributed by atoms with Gasteiger partial charge in [0, 0.05) is 36.9 Å². The van der Waals surface area contributed by atoms with Gasteiger partial charge in [-0.15, -0.1) is 0 Å². The number of carbonyl (C=O) groups is 1. The lowest BCUT2D eigenvalue weighted by atomic mass is 10.1. The number of nitrogens with zero attached hydrogens (tertiary/aromatic N) is 2. The van der Waals surface area contributed by atoms with Crippen molar-refractivity contribution in [2.45, 2.75) is 0 Å². The second kappa shape index (κ2) is 6.77. The van der Waals surface area contributed by atoms with Crippen LogP contribution in [-0.4, -0.2) is 37.0 Å². The molecule has 1 heterocycles. The molecule has 0 aromatic heterocycles. The molecule has 1 fully saturated rings. The van der Waals surface area contributed by atoms with Crippen LogP contribution in [-0.2, 0) is 0 Å². The predicted molar refractivity (Wildman–Crippen MR) is 91.0 cm³/mol. The van der Waals surface area contributed by atoms with Crippen LogP contribution in [0, 0.1) is 5.82 Å². The average molecular weight is 353 g/mol. The highest BCUT2D eigenvalue weighted by molar-refractivity contribution is 6.33. The summed E-state index contributed by atoms with van der Waals surface area (Å²) >= 11 is 12.0. The van der Waals surface area contributed by atoms with Crippen molar-refractivity contribution < 1.29 is 9.18 Å². The highest BCUT2D eigenvalue weighted by atomic mass is 35.5. The van der Waals surface area contributed by atoms with Crippen molar-refractivity contribution in [3.8, 4) is 0 Å². The van der Waals surface area contributed by atoms with E-state index in [9.17, 15) is 9.18 Å². The minimum absolute atomic E-state index is 0.146. The van der Waals surface area contributed by atoms with E-state index in [-0.39, 0.29) is 10.9 Å². The third-order valence-electron chi connectivity index (χ3n) is 3.90. The number of benzene rings is 2. The fraction of sp³-hybridized carbons (Fsp3) is 0.235. The smallest absolute Gasteiger partial charge is 0.255 e. The quantitative estimate of drug-likeness (QED) is 0.812. The van der Waals surface area contributed by atoms with Crippen molar-refractivity contribution in [3.63, 3.8) is 0 Å². The SMILES string of the molecule is O=C(c1ccc(F)cc1Cl)N1CCN(c2cccc(Cl)c2)CC1. The van der Waals surface area contributed by atoms with Crippen molar-refractivity contribution in [2.75, 3.05) is 31.1 Å². The topological polar surface area (TPSA) is 23.6 Å². The fourth-order valence-electron chi connectivity index (χ4n) is 2.67. The van der Waals surface area contributed by atoms with Gasteiger partial charge in [0.2, 0.25) is 0 Å². The van der Waals surface area contributed by atoms with E-state index in [1.165, 1.54) is 12.1 Å². The molecule has 1 saturated heterocycles. The third-order valence-corrected chi connectivity index (χ3v) is 4.45. The lowest BCUT2D eigenvalue weighted by Crippen LogP contribution is -2.48. The molecule has 0 saturated carbocycles. The minimum atomic E-state index is -0.447. The lowest BCUT2D eigenvalue weighted by Gasteiger charge is -2.36. The fourth-order valence-corrected chi connectivity index (χ4v) is 3.11. The molecular formula is C17H15Cl2FN2O. The summed E-state index contributed by atoms with van der Waals surface area (Å²) in [5, 5.41) is 0.839. The Morgan fingerprint density at radius 3 is 2.39 bits per heavy atom. The molecule has 3 nitrogen and oxygen atoms in total. The van der Waals surface area contributed by atoms with Gasteiger partial charge in [-0.2, -0.15) is 0 Å². The Labute approximate surface area is 144 Å². The lowest BCUT2D eigenvalue weighted by molar-refractivity contribution is 0.0747. The molecule has 6 heteroatoms. The van der Waals surface area contributed by atoms with Crippen molar-refractivity contribution in [2.24, 2.45) is 0 Å². The van der Waals surface area contributed by atoms with E-state index >= 15 is 0 Å². The van der Waals surface area contributed by atoms with Crippen molar-refractivity contribution in [3.05, 3.63) is 63.9 Å². The normalized spacial score (nSPS) is 14.9. The molecule has 3 rings (SSSR count). The highest BCUT2D eigenvalue weighted by Gasteiger charge is 2.24. The van der Waals surface area contributed by atoms with Gasteiger partial charge >= 0.3 is 0 Å². The van der Waals surface area contributed by atoms with E-state index in [1.54, 1.807) is 4.90 Å². The summed E-state index contributed by atoms with van der Waals surface area (Å²) in [6.45, 7) is 2.59. The monoisotopic (exact) mass is 352 g/mol. The number of carbonyl (C=O) groups excluding carboxylic acids is 1. The van der Waals surface area contributed by atoms with Crippen molar-refractivity contribution >= 4 is 34.8 Å². The molecule has 2 aromatic rings. The van der Waals surface area contributed by atoms with Crippen molar-refractivity contribution in [1.82, 2.24) is 4.90 Å². The highest BCUT2D eigenvalue weighted by Crippen LogP contribution is 2.23. The average Bonchev–Trinajstić information content (AvgIpc) is 2.54. The van der Waals surface area contributed by atoms with Gasteiger partial charge in [0.05, 0.1) is 10.6 Å². The first-order chi connectivity index (χ1) is 11.0. The van der Waals surface area contributed by atoms with Crippen molar-refractivity contribution in [1.29, 1.82) is 0 Å². The molecule has 1 aliphatic rings. The van der Waals surface area contributed by atoms with Crippen LogP contribution in [0.2, 0.25) is 10.0 Å². The number of hydrogen-bond acceptors (Lipinski definition) is 2. The Hall–Kier alpha value is -1.78. The number of rotatable bonds is 2. The molecule has 23 heavy (non-hydrogen) atoms. The van der Waals surface area contributed by atoms with Gasteiger partial charge in [0.1, 0.15) is 5.82 Å². The maximum atomic E-state index is 13.1. The van der Waals surface area contributed by atoms with Crippen LogP contribution in [0.5, 0.6) is 0 Å². The minimum Gasteiger partial charge on any atom is -0.368 e. The molecule has 1 aliphatic heterocycles.